The summed E-state index contributed by atoms with van der Waals surface area (Å²) in [5, 5.41) is 43.5. The molecule has 0 spiro atoms. The average Bonchev–Trinajstić information content (AvgIpc) is 2.22. The second-order valence-electron chi connectivity index (χ2n) is 2.77. The fourth-order valence-electron chi connectivity index (χ4n) is 0.618. The van der Waals surface area contributed by atoms with Gasteiger partial charge in [-0.1, -0.05) is 0 Å². The molecule has 0 saturated heterocycles. The smallest absolute Gasteiger partial charge is 0.759 e. The third-order valence-electron chi connectivity index (χ3n) is 1.42. The maximum atomic E-state index is 9.90. The van der Waals surface area contributed by atoms with Gasteiger partial charge in [0, 0.05) is 10.4 Å². The van der Waals surface area contributed by atoms with E-state index >= 15 is 0 Å². The predicted molar refractivity (Wildman–Crippen MR) is 47.7 cm³/mol. The molecule has 0 saturated carbocycles. The van der Waals surface area contributed by atoms with Crippen LogP contribution in [0.25, 0.3) is 0 Å². The van der Waals surface area contributed by atoms with Gasteiger partial charge in [-0.15, -0.1) is 0 Å². The molecule has 0 radical (unpaired) electrons. The summed E-state index contributed by atoms with van der Waals surface area (Å²) in [7, 11) is -5.17. The third-order valence-corrected chi connectivity index (χ3v) is 1.42. The maximum absolute atomic E-state index is 9.90. The summed E-state index contributed by atoms with van der Waals surface area (Å²) in [4.78, 5) is 9.90. The minimum Gasteiger partial charge on any atom is -0.759 e. The summed E-state index contributed by atoms with van der Waals surface area (Å²) in [5.74, 6) is 0. The van der Waals surface area contributed by atoms with E-state index in [1.807, 2.05) is 0 Å². The molecule has 19 heavy (non-hydrogen) atoms. The summed E-state index contributed by atoms with van der Waals surface area (Å²) >= 11 is 0. The summed E-state index contributed by atoms with van der Waals surface area (Å²) < 4.78 is 34.1. The third kappa shape index (κ3) is 20.6. The molecule has 0 aliphatic carbocycles. The normalized spacial score (nSPS) is 16.4. The second kappa shape index (κ2) is 15.5. The first-order chi connectivity index (χ1) is 7.54. The van der Waals surface area contributed by atoms with E-state index in [1.54, 1.807) is 0 Å². The Bertz CT molecular complexity index is 301. The van der Waals surface area contributed by atoms with Crippen LogP contribution in [0.15, 0.2) is 0 Å². The largest absolute Gasteiger partial charge is 1.00 e. The molecule has 13 heteroatoms. The van der Waals surface area contributed by atoms with Crippen LogP contribution in [0.3, 0.4) is 0 Å². The Hall–Kier alpha value is 2.61. The van der Waals surface area contributed by atoms with Crippen molar-refractivity contribution in [2.75, 3.05) is 6.61 Å². The van der Waals surface area contributed by atoms with Gasteiger partial charge in [-0.2, -0.15) is 0 Å². The standard InChI is InChI=1S/C6H12O6.2K.H2O4S/c7-1-3(9)5(11)6(12)4(10)2-8;;;1-5(2,3)4/h1,3-6,8-12H,2H2;;;(H2,1,2,3,4)/q;2*+1;/p-2. The monoisotopic (exact) mass is 354 g/mol. The van der Waals surface area contributed by atoms with E-state index < -0.39 is 41.4 Å². The second-order valence-corrected chi connectivity index (χ2v) is 3.58. The molecule has 0 aliphatic heterocycles. The van der Waals surface area contributed by atoms with Crippen LogP contribution in [-0.2, 0) is 15.2 Å². The van der Waals surface area contributed by atoms with E-state index in [2.05, 4.69) is 0 Å². The van der Waals surface area contributed by atoms with Crippen molar-refractivity contribution in [1.82, 2.24) is 0 Å². The van der Waals surface area contributed by atoms with Gasteiger partial charge in [0.05, 0.1) is 6.61 Å². The minimum absolute atomic E-state index is 0. The number of aliphatic hydroxyl groups is 5. The van der Waals surface area contributed by atoms with Crippen LogP contribution in [0.2, 0.25) is 0 Å². The van der Waals surface area contributed by atoms with Gasteiger partial charge in [-0.3, -0.25) is 8.42 Å². The zero-order chi connectivity index (χ0) is 14.2. The first-order valence-corrected chi connectivity index (χ1v) is 5.33. The molecule has 4 atom stereocenters. The molecule has 0 heterocycles. The summed E-state index contributed by atoms with van der Waals surface area (Å²) in [5.41, 5.74) is 0. The van der Waals surface area contributed by atoms with Crippen LogP contribution in [-0.4, -0.2) is 80.4 Å². The van der Waals surface area contributed by atoms with Crippen molar-refractivity contribution in [3.05, 3.63) is 0 Å². The topological polar surface area (TPSA) is 198 Å². The number of hydrogen-bond donors (Lipinski definition) is 5. The molecule has 5 N–H and O–H groups in total. The van der Waals surface area contributed by atoms with E-state index in [1.165, 1.54) is 0 Å². The zero-order valence-corrected chi connectivity index (χ0v) is 17.3. The fourth-order valence-corrected chi connectivity index (χ4v) is 0.618. The van der Waals surface area contributed by atoms with Gasteiger partial charge in [0.2, 0.25) is 0 Å². The zero-order valence-electron chi connectivity index (χ0n) is 10.3. The van der Waals surface area contributed by atoms with Gasteiger partial charge in [-0.25, -0.2) is 0 Å². The van der Waals surface area contributed by atoms with E-state index in [9.17, 15) is 4.79 Å². The Morgan fingerprint density at radius 1 is 1.00 bits per heavy atom. The van der Waals surface area contributed by atoms with Crippen LogP contribution in [0.5, 0.6) is 0 Å². The molecule has 0 aliphatic rings. The van der Waals surface area contributed by atoms with Crippen LogP contribution in [0.4, 0.5) is 0 Å². The fraction of sp³-hybridized carbons (Fsp3) is 0.833. The predicted octanol–water partition coefficient (Wildman–Crippen LogP) is -10.7. The molecule has 104 valence electrons. The van der Waals surface area contributed by atoms with Gasteiger partial charge in [0.1, 0.15) is 24.4 Å². The average molecular weight is 354 g/mol. The van der Waals surface area contributed by atoms with Crippen molar-refractivity contribution < 1.29 is 151 Å². The number of carbonyl (C=O) groups is 1. The summed E-state index contributed by atoms with van der Waals surface area (Å²) in [6, 6.07) is 0. The van der Waals surface area contributed by atoms with E-state index in [0.717, 1.165) is 0 Å². The Balaban J connectivity index is -0.000000139. The van der Waals surface area contributed by atoms with Crippen molar-refractivity contribution in [2.45, 2.75) is 24.4 Å². The summed E-state index contributed by atoms with van der Waals surface area (Å²) in [6.07, 6.45) is -6.84. The van der Waals surface area contributed by atoms with Crippen molar-refractivity contribution >= 4 is 16.7 Å². The molecule has 0 amide bonds. The molecule has 0 bridgehead atoms. The molecule has 10 nitrogen and oxygen atoms in total. The number of rotatable bonds is 5. The number of carbonyl (C=O) groups excluding carboxylic acids is 1. The van der Waals surface area contributed by atoms with Gasteiger partial charge in [0.15, 0.2) is 6.29 Å². The molecular formula is C6H12K2O10S. The van der Waals surface area contributed by atoms with Crippen LogP contribution < -0.4 is 103 Å². The van der Waals surface area contributed by atoms with Crippen molar-refractivity contribution in [3.63, 3.8) is 0 Å². The van der Waals surface area contributed by atoms with E-state index in [4.69, 9.17) is 43.1 Å². The molecule has 0 aromatic heterocycles. The quantitative estimate of drug-likeness (QED) is 0.137. The molecule has 4 unspecified atom stereocenters. The van der Waals surface area contributed by atoms with Gasteiger partial charge < -0.3 is 39.4 Å². The van der Waals surface area contributed by atoms with Crippen molar-refractivity contribution in [3.8, 4) is 0 Å². The minimum atomic E-state index is -5.17. The summed E-state index contributed by atoms with van der Waals surface area (Å²) in [6.45, 7) is -0.760. The first-order valence-electron chi connectivity index (χ1n) is 3.99. The van der Waals surface area contributed by atoms with Crippen LogP contribution in [0.1, 0.15) is 0 Å². The van der Waals surface area contributed by atoms with Gasteiger partial charge >= 0.3 is 103 Å². The number of aliphatic hydroxyl groups excluding tert-OH is 5. The van der Waals surface area contributed by atoms with Crippen molar-refractivity contribution in [1.29, 1.82) is 0 Å². The molecule has 0 aromatic rings. The first kappa shape index (κ1) is 29.6. The van der Waals surface area contributed by atoms with Gasteiger partial charge in [-0.05, 0) is 0 Å². The van der Waals surface area contributed by atoms with Gasteiger partial charge in [0.25, 0.3) is 0 Å². The Morgan fingerprint density at radius 3 is 1.53 bits per heavy atom. The molecule has 0 rings (SSSR count). The van der Waals surface area contributed by atoms with E-state index in [-0.39, 0.29) is 109 Å². The molecule has 0 aromatic carbocycles. The Labute approximate surface area is 194 Å². The molecular weight excluding hydrogens is 342 g/mol. The number of hydrogen-bond acceptors (Lipinski definition) is 10. The van der Waals surface area contributed by atoms with Crippen LogP contribution >= 0.6 is 0 Å². The SMILES string of the molecule is O=CC(O)C(O)C(O)C(O)CO.O=S(=O)([O-])[O-].[K+].[K+]. The molecule has 0 fully saturated rings. The van der Waals surface area contributed by atoms with Crippen LogP contribution in [0, 0.1) is 0 Å². The van der Waals surface area contributed by atoms with Crippen molar-refractivity contribution in [2.24, 2.45) is 0 Å². The Kier molecular flexibility index (Phi) is 24.2. The van der Waals surface area contributed by atoms with E-state index in [0.29, 0.717) is 0 Å². The Morgan fingerprint density at radius 2 is 1.32 bits per heavy atom. The maximum Gasteiger partial charge on any atom is 1.00 e. The number of aldehydes is 1.